The Morgan fingerprint density at radius 3 is 2.33 bits per heavy atom. The van der Waals surface area contributed by atoms with Crippen molar-refractivity contribution >= 4 is 11.3 Å². The van der Waals surface area contributed by atoms with E-state index in [2.05, 4.69) is 40.1 Å². The SMILES string of the molecule is CCCCCCCC(C)(NC)c1nc(C)c(C)s1. The van der Waals surface area contributed by atoms with Gasteiger partial charge in [-0.1, -0.05) is 39.0 Å². The summed E-state index contributed by atoms with van der Waals surface area (Å²) in [5, 5.41) is 4.72. The highest BCUT2D eigenvalue weighted by Gasteiger charge is 2.27. The lowest BCUT2D eigenvalue weighted by molar-refractivity contribution is 0.350. The summed E-state index contributed by atoms with van der Waals surface area (Å²) in [6.45, 7) is 8.81. The smallest absolute Gasteiger partial charge is 0.113 e. The fourth-order valence-corrected chi connectivity index (χ4v) is 3.23. The second kappa shape index (κ2) is 7.25. The topological polar surface area (TPSA) is 24.9 Å². The number of thiazole rings is 1. The maximum Gasteiger partial charge on any atom is 0.113 e. The van der Waals surface area contributed by atoms with E-state index in [-0.39, 0.29) is 5.54 Å². The Morgan fingerprint density at radius 1 is 1.17 bits per heavy atom. The van der Waals surface area contributed by atoms with Gasteiger partial charge in [-0.05, 0) is 34.2 Å². The van der Waals surface area contributed by atoms with Gasteiger partial charge in [0.2, 0.25) is 0 Å². The number of rotatable bonds is 8. The van der Waals surface area contributed by atoms with Gasteiger partial charge >= 0.3 is 0 Å². The molecule has 0 fully saturated rings. The van der Waals surface area contributed by atoms with E-state index in [9.17, 15) is 0 Å². The van der Waals surface area contributed by atoms with E-state index in [0.29, 0.717) is 0 Å². The third-order valence-corrected chi connectivity index (χ3v) is 5.17. The van der Waals surface area contributed by atoms with E-state index < -0.39 is 0 Å². The minimum Gasteiger partial charge on any atom is -0.309 e. The van der Waals surface area contributed by atoms with E-state index in [1.165, 1.54) is 54.1 Å². The number of hydrogen-bond acceptors (Lipinski definition) is 3. The summed E-state index contributed by atoms with van der Waals surface area (Å²) in [5.41, 5.74) is 1.23. The summed E-state index contributed by atoms with van der Waals surface area (Å²) in [6, 6.07) is 0. The lowest BCUT2D eigenvalue weighted by atomic mass is 9.94. The average molecular weight is 268 g/mol. The molecular weight excluding hydrogens is 240 g/mol. The zero-order chi connectivity index (χ0) is 13.6. The first-order valence-corrected chi connectivity index (χ1v) is 7.98. The third-order valence-electron chi connectivity index (χ3n) is 3.83. The molecule has 1 N–H and O–H groups in total. The highest BCUT2D eigenvalue weighted by Crippen LogP contribution is 2.31. The van der Waals surface area contributed by atoms with Gasteiger partial charge in [-0.15, -0.1) is 11.3 Å². The van der Waals surface area contributed by atoms with Gasteiger partial charge in [-0.3, -0.25) is 0 Å². The van der Waals surface area contributed by atoms with Crippen LogP contribution in [0.15, 0.2) is 0 Å². The van der Waals surface area contributed by atoms with Crippen LogP contribution in [0.3, 0.4) is 0 Å². The van der Waals surface area contributed by atoms with Crippen LogP contribution in [0, 0.1) is 13.8 Å². The number of aromatic nitrogens is 1. The quantitative estimate of drug-likeness (QED) is 0.699. The molecule has 0 aliphatic rings. The van der Waals surface area contributed by atoms with Crippen molar-refractivity contribution in [2.75, 3.05) is 7.05 Å². The van der Waals surface area contributed by atoms with Gasteiger partial charge in [-0.25, -0.2) is 4.98 Å². The minimum absolute atomic E-state index is 0.0515. The number of nitrogens with one attached hydrogen (secondary N) is 1. The van der Waals surface area contributed by atoms with E-state index in [1.54, 1.807) is 0 Å². The summed E-state index contributed by atoms with van der Waals surface area (Å²) < 4.78 is 0. The van der Waals surface area contributed by atoms with Crippen LogP contribution in [0.2, 0.25) is 0 Å². The maximum absolute atomic E-state index is 4.72. The second-order valence-electron chi connectivity index (χ2n) is 5.41. The summed E-state index contributed by atoms with van der Waals surface area (Å²) >= 11 is 1.84. The van der Waals surface area contributed by atoms with Crippen molar-refractivity contribution in [2.45, 2.75) is 71.8 Å². The highest BCUT2D eigenvalue weighted by atomic mass is 32.1. The van der Waals surface area contributed by atoms with Crippen LogP contribution in [0.5, 0.6) is 0 Å². The highest BCUT2D eigenvalue weighted by molar-refractivity contribution is 7.11. The summed E-state index contributed by atoms with van der Waals surface area (Å²) in [5.74, 6) is 0. The molecular formula is C15H28N2S. The van der Waals surface area contributed by atoms with Crippen molar-refractivity contribution < 1.29 is 0 Å². The first kappa shape index (κ1) is 15.6. The molecule has 1 heterocycles. The van der Waals surface area contributed by atoms with Crippen molar-refractivity contribution in [2.24, 2.45) is 0 Å². The van der Waals surface area contributed by atoms with Gasteiger partial charge < -0.3 is 5.32 Å². The molecule has 1 unspecified atom stereocenters. The lowest BCUT2D eigenvalue weighted by Gasteiger charge is -2.27. The van der Waals surface area contributed by atoms with Crippen molar-refractivity contribution in [3.63, 3.8) is 0 Å². The molecule has 0 aliphatic heterocycles. The fraction of sp³-hybridized carbons (Fsp3) is 0.800. The molecule has 1 aromatic rings. The second-order valence-corrected chi connectivity index (χ2v) is 6.61. The molecule has 1 rings (SSSR count). The Hall–Kier alpha value is -0.410. The Labute approximate surface area is 116 Å². The summed E-state index contributed by atoms with van der Waals surface area (Å²) in [6.07, 6.45) is 7.86. The van der Waals surface area contributed by atoms with Gasteiger partial charge in [0.1, 0.15) is 5.01 Å². The Morgan fingerprint density at radius 2 is 1.83 bits per heavy atom. The van der Waals surface area contributed by atoms with Crippen LogP contribution in [-0.4, -0.2) is 12.0 Å². The van der Waals surface area contributed by atoms with Crippen LogP contribution < -0.4 is 5.32 Å². The number of hydrogen-bond donors (Lipinski definition) is 1. The molecule has 18 heavy (non-hydrogen) atoms. The van der Waals surface area contributed by atoms with Crippen molar-refractivity contribution in [3.05, 3.63) is 15.6 Å². The molecule has 3 heteroatoms. The number of unbranched alkanes of at least 4 members (excludes halogenated alkanes) is 4. The van der Waals surface area contributed by atoms with Crippen LogP contribution in [0.4, 0.5) is 0 Å². The van der Waals surface area contributed by atoms with Gasteiger partial charge in [0.25, 0.3) is 0 Å². The zero-order valence-corrected chi connectivity index (χ0v) is 13.4. The zero-order valence-electron chi connectivity index (χ0n) is 12.6. The normalized spacial score (nSPS) is 14.7. The minimum atomic E-state index is 0.0515. The molecule has 2 nitrogen and oxygen atoms in total. The van der Waals surface area contributed by atoms with E-state index in [0.717, 1.165) is 0 Å². The van der Waals surface area contributed by atoms with Crippen LogP contribution in [0.1, 0.15) is 68.0 Å². The van der Waals surface area contributed by atoms with Gasteiger partial charge in [0, 0.05) is 4.88 Å². The monoisotopic (exact) mass is 268 g/mol. The largest absolute Gasteiger partial charge is 0.309 e. The predicted octanol–water partition coefficient (Wildman–Crippen LogP) is 4.56. The van der Waals surface area contributed by atoms with E-state index in [1.807, 2.05) is 11.3 Å². The molecule has 0 aliphatic carbocycles. The van der Waals surface area contributed by atoms with Crippen LogP contribution in [-0.2, 0) is 5.54 Å². The molecule has 0 spiro atoms. The Bertz CT molecular complexity index is 340. The molecule has 0 aromatic carbocycles. The first-order chi connectivity index (χ1) is 8.53. The maximum atomic E-state index is 4.72. The molecule has 0 bridgehead atoms. The summed E-state index contributed by atoms with van der Waals surface area (Å²) in [7, 11) is 2.05. The van der Waals surface area contributed by atoms with E-state index in [4.69, 9.17) is 4.98 Å². The van der Waals surface area contributed by atoms with Crippen LogP contribution >= 0.6 is 11.3 Å². The molecule has 104 valence electrons. The summed E-state index contributed by atoms with van der Waals surface area (Å²) in [4.78, 5) is 6.07. The van der Waals surface area contributed by atoms with Crippen molar-refractivity contribution in [1.29, 1.82) is 0 Å². The molecule has 0 saturated heterocycles. The molecule has 0 saturated carbocycles. The number of aryl methyl sites for hydroxylation is 2. The van der Waals surface area contributed by atoms with Crippen LogP contribution in [0.25, 0.3) is 0 Å². The first-order valence-electron chi connectivity index (χ1n) is 7.17. The average Bonchev–Trinajstić information content (AvgIpc) is 2.70. The molecule has 0 amide bonds. The Kier molecular flexibility index (Phi) is 6.30. The third kappa shape index (κ3) is 4.06. The van der Waals surface area contributed by atoms with E-state index >= 15 is 0 Å². The molecule has 0 radical (unpaired) electrons. The number of nitrogens with zero attached hydrogens (tertiary/aromatic N) is 1. The van der Waals surface area contributed by atoms with Crippen molar-refractivity contribution in [3.8, 4) is 0 Å². The van der Waals surface area contributed by atoms with Crippen molar-refractivity contribution in [1.82, 2.24) is 10.3 Å². The van der Waals surface area contributed by atoms with Gasteiger partial charge in [-0.2, -0.15) is 0 Å². The Balaban J connectivity index is 2.56. The van der Waals surface area contributed by atoms with Gasteiger partial charge in [0.05, 0.1) is 11.2 Å². The molecule has 1 atom stereocenters. The van der Waals surface area contributed by atoms with Gasteiger partial charge in [0.15, 0.2) is 0 Å². The predicted molar refractivity (Wildman–Crippen MR) is 81.4 cm³/mol. The molecule has 1 aromatic heterocycles. The lowest BCUT2D eigenvalue weighted by Crippen LogP contribution is -2.36. The fourth-order valence-electron chi connectivity index (χ4n) is 2.13. The standard InChI is InChI=1S/C15H28N2S/c1-6-7-8-9-10-11-15(4,16-5)14-17-12(2)13(3)18-14/h16H,6-11H2,1-5H3.